The van der Waals surface area contributed by atoms with E-state index in [0.717, 1.165) is 12.8 Å². The summed E-state index contributed by atoms with van der Waals surface area (Å²) in [6.45, 7) is 4.28. The van der Waals surface area contributed by atoms with E-state index >= 15 is 0 Å². The van der Waals surface area contributed by atoms with Crippen molar-refractivity contribution in [2.75, 3.05) is 0 Å². The normalized spacial score (nSPS) is 26.2. The van der Waals surface area contributed by atoms with Gasteiger partial charge in [0, 0.05) is 18.9 Å². The van der Waals surface area contributed by atoms with E-state index < -0.39 is 5.92 Å². The molecule has 0 radical (unpaired) electrons. The van der Waals surface area contributed by atoms with Crippen LogP contribution in [0.15, 0.2) is 0 Å². The molecule has 15 heavy (non-hydrogen) atoms. The third-order valence-electron chi connectivity index (χ3n) is 3.71. The van der Waals surface area contributed by atoms with E-state index in [1.807, 2.05) is 0 Å². The Morgan fingerprint density at radius 2 is 1.87 bits per heavy atom. The van der Waals surface area contributed by atoms with Crippen molar-refractivity contribution in [3.63, 3.8) is 0 Å². The van der Waals surface area contributed by atoms with Crippen molar-refractivity contribution in [2.24, 2.45) is 17.6 Å². The van der Waals surface area contributed by atoms with Gasteiger partial charge in [-0.15, -0.1) is 0 Å². The van der Waals surface area contributed by atoms with Crippen molar-refractivity contribution in [1.29, 1.82) is 0 Å². The molecular weight excluding hydrogens is 196 g/mol. The van der Waals surface area contributed by atoms with E-state index in [9.17, 15) is 8.78 Å². The first-order chi connectivity index (χ1) is 6.96. The zero-order valence-electron chi connectivity index (χ0n) is 9.81. The highest BCUT2D eigenvalue weighted by Crippen LogP contribution is 2.38. The van der Waals surface area contributed by atoms with Gasteiger partial charge in [-0.3, -0.25) is 0 Å². The quantitative estimate of drug-likeness (QED) is 0.768. The Hall–Kier alpha value is -0.180. The van der Waals surface area contributed by atoms with Crippen LogP contribution in [0.4, 0.5) is 8.78 Å². The summed E-state index contributed by atoms with van der Waals surface area (Å²) in [5.74, 6) is -1.65. The van der Waals surface area contributed by atoms with Crippen LogP contribution in [0.1, 0.15) is 52.4 Å². The first-order valence-corrected chi connectivity index (χ1v) is 6.09. The SMILES string of the molecule is CCCC(C)C(N)C1CCC(F)(F)CC1. The molecule has 1 saturated carbocycles. The van der Waals surface area contributed by atoms with Gasteiger partial charge in [0.25, 0.3) is 0 Å². The third-order valence-corrected chi connectivity index (χ3v) is 3.71. The molecule has 3 heteroatoms. The van der Waals surface area contributed by atoms with Crippen molar-refractivity contribution < 1.29 is 8.78 Å². The molecule has 0 aromatic heterocycles. The summed E-state index contributed by atoms with van der Waals surface area (Å²) in [4.78, 5) is 0. The van der Waals surface area contributed by atoms with Gasteiger partial charge in [-0.1, -0.05) is 20.3 Å². The second-order valence-electron chi connectivity index (χ2n) is 5.04. The maximum atomic E-state index is 12.9. The minimum atomic E-state index is -2.43. The predicted molar refractivity (Wildman–Crippen MR) is 59.0 cm³/mol. The standard InChI is InChI=1S/C12H23F2N/c1-3-4-9(2)11(15)10-5-7-12(13,14)8-6-10/h9-11H,3-8,15H2,1-2H3. The first-order valence-electron chi connectivity index (χ1n) is 6.09. The molecule has 2 unspecified atom stereocenters. The predicted octanol–water partition coefficient (Wildman–Crippen LogP) is 3.58. The lowest BCUT2D eigenvalue weighted by atomic mass is 9.77. The highest BCUT2D eigenvalue weighted by molar-refractivity contribution is 4.85. The smallest absolute Gasteiger partial charge is 0.248 e. The number of hydrogen-bond acceptors (Lipinski definition) is 1. The number of halogens is 2. The van der Waals surface area contributed by atoms with Crippen LogP contribution in [0, 0.1) is 11.8 Å². The molecule has 1 nitrogen and oxygen atoms in total. The van der Waals surface area contributed by atoms with E-state index in [4.69, 9.17) is 5.73 Å². The summed E-state index contributed by atoms with van der Waals surface area (Å²) in [6.07, 6.45) is 3.49. The molecule has 1 aliphatic carbocycles. The highest BCUT2D eigenvalue weighted by atomic mass is 19.3. The van der Waals surface area contributed by atoms with Crippen molar-refractivity contribution >= 4 is 0 Å². The summed E-state index contributed by atoms with van der Waals surface area (Å²) in [6, 6.07) is 0.112. The Labute approximate surface area is 91.4 Å². The molecule has 2 atom stereocenters. The van der Waals surface area contributed by atoms with Gasteiger partial charge in [-0.05, 0) is 31.1 Å². The summed E-state index contributed by atoms with van der Waals surface area (Å²) in [7, 11) is 0. The molecule has 1 fully saturated rings. The van der Waals surface area contributed by atoms with Crippen molar-refractivity contribution in [3.8, 4) is 0 Å². The molecule has 0 aliphatic heterocycles. The number of alkyl halides is 2. The van der Waals surface area contributed by atoms with Gasteiger partial charge in [-0.2, -0.15) is 0 Å². The van der Waals surface area contributed by atoms with Crippen LogP contribution in [-0.2, 0) is 0 Å². The average molecular weight is 219 g/mol. The molecule has 0 heterocycles. The van der Waals surface area contributed by atoms with Crippen LogP contribution in [0.5, 0.6) is 0 Å². The Bertz CT molecular complexity index is 184. The molecule has 0 bridgehead atoms. The van der Waals surface area contributed by atoms with Crippen molar-refractivity contribution in [3.05, 3.63) is 0 Å². The largest absolute Gasteiger partial charge is 0.327 e. The zero-order chi connectivity index (χ0) is 11.5. The Morgan fingerprint density at radius 3 is 2.33 bits per heavy atom. The summed E-state index contributed by atoms with van der Waals surface area (Å²) in [5, 5.41) is 0. The Morgan fingerprint density at radius 1 is 1.33 bits per heavy atom. The van der Waals surface area contributed by atoms with E-state index in [2.05, 4.69) is 13.8 Å². The Kier molecular flexibility index (Phi) is 4.50. The molecule has 0 saturated heterocycles. The molecule has 0 spiro atoms. The molecule has 1 rings (SSSR count). The lowest BCUT2D eigenvalue weighted by Crippen LogP contribution is -2.40. The molecule has 0 aromatic rings. The maximum absolute atomic E-state index is 12.9. The van der Waals surface area contributed by atoms with Crippen LogP contribution in [0.25, 0.3) is 0 Å². The second-order valence-corrected chi connectivity index (χ2v) is 5.04. The second kappa shape index (κ2) is 5.24. The van der Waals surface area contributed by atoms with Gasteiger partial charge in [0.1, 0.15) is 0 Å². The lowest BCUT2D eigenvalue weighted by Gasteiger charge is -2.34. The third kappa shape index (κ3) is 3.71. The summed E-state index contributed by atoms with van der Waals surface area (Å²) >= 11 is 0. The lowest BCUT2D eigenvalue weighted by molar-refractivity contribution is -0.0501. The van der Waals surface area contributed by atoms with Gasteiger partial charge in [0.2, 0.25) is 5.92 Å². The van der Waals surface area contributed by atoms with Gasteiger partial charge >= 0.3 is 0 Å². The number of rotatable bonds is 4. The molecule has 1 aliphatic rings. The van der Waals surface area contributed by atoms with E-state index in [0.29, 0.717) is 24.7 Å². The Balaban J connectivity index is 2.39. The van der Waals surface area contributed by atoms with E-state index in [1.54, 1.807) is 0 Å². The van der Waals surface area contributed by atoms with E-state index in [1.165, 1.54) is 0 Å². The van der Waals surface area contributed by atoms with Gasteiger partial charge < -0.3 is 5.73 Å². The van der Waals surface area contributed by atoms with Gasteiger partial charge in [0.05, 0.1) is 0 Å². The van der Waals surface area contributed by atoms with Gasteiger partial charge in [0.15, 0.2) is 0 Å². The van der Waals surface area contributed by atoms with Crippen LogP contribution in [0.3, 0.4) is 0 Å². The van der Waals surface area contributed by atoms with Crippen LogP contribution >= 0.6 is 0 Å². The summed E-state index contributed by atoms with van der Waals surface area (Å²) in [5.41, 5.74) is 6.12. The van der Waals surface area contributed by atoms with Crippen LogP contribution < -0.4 is 5.73 Å². The van der Waals surface area contributed by atoms with Gasteiger partial charge in [-0.25, -0.2) is 8.78 Å². The molecule has 0 amide bonds. The fourth-order valence-corrected chi connectivity index (χ4v) is 2.56. The number of nitrogens with two attached hydrogens (primary N) is 1. The number of hydrogen-bond donors (Lipinski definition) is 1. The molecule has 2 N–H and O–H groups in total. The van der Waals surface area contributed by atoms with Crippen LogP contribution in [-0.4, -0.2) is 12.0 Å². The average Bonchev–Trinajstić information content (AvgIpc) is 2.17. The van der Waals surface area contributed by atoms with Crippen molar-refractivity contribution in [1.82, 2.24) is 0 Å². The highest BCUT2D eigenvalue weighted by Gasteiger charge is 2.37. The molecule has 0 aromatic carbocycles. The van der Waals surface area contributed by atoms with Crippen LogP contribution in [0.2, 0.25) is 0 Å². The zero-order valence-corrected chi connectivity index (χ0v) is 9.81. The molecular formula is C12H23F2N. The fraction of sp³-hybridized carbons (Fsp3) is 1.00. The minimum Gasteiger partial charge on any atom is -0.327 e. The fourth-order valence-electron chi connectivity index (χ4n) is 2.56. The molecule has 90 valence electrons. The minimum absolute atomic E-state index is 0.0320. The monoisotopic (exact) mass is 219 g/mol. The van der Waals surface area contributed by atoms with E-state index in [-0.39, 0.29) is 18.9 Å². The summed E-state index contributed by atoms with van der Waals surface area (Å²) < 4.78 is 25.9. The first kappa shape index (κ1) is 12.9. The topological polar surface area (TPSA) is 26.0 Å². The van der Waals surface area contributed by atoms with Crippen molar-refractivity contribution in [2.45, 2.75) is 64.3 Å². The maximum Gasteiger partial charge on any atom is 0.248 e.